The molecule has 4 aromatic rings. The summed E-state index contributed by atoms with van der Waals surface area (Å²) in [7, 11) is 0. The van der Waals surface area contributed by atoms with Crippen molar-refractivity contribution in [3.05, 3.63) is 94.0 Å². The van der Waals surface area contributed by atoms with Crippen molar-refractivity contribution in [3.8, 4) is 17.0 Å². The first-order valence-corrected chi connectivity index (χ1v) is 10.7. The van der Waals surface area contributed by atoms with Gasteiger partial charge in [0.05, 0.1) is 16.8 Å². The number of pyridine rings is 1. The zero-order valence-electron chi connectivity index (χ0n) is 18.7. The fourth-order valence-corrected chi connectivity index (χ4v) is 4.02. The van der Waals surface area contributed by atoms with E-state index in [-0.39, 0.29) is 5.97 Å². The number of nitrogens with zero attached hydrogens (tertiary/aromatic N) is 1. The van der Waals surface area contributed by atoms with Gasteiger partial charge in [-0.25, -0.2) is 9.78 Å². The molecule has 1 heterocycles. The van der Waals surface area contributed by atoms with Crippen LogP contribution in [0.5, 0.6) is 5.75 Å². The molecule has 4 rings (SSSR count). The second-order valence-corrected chi connectivity index (χ2v) is 8.19. The molecule has 0 aliphatic heterocycles. The lowest BCUT2D eigenvalue weighted by Gasteiger charge is -2.16. The summed E-state index contributed by atoms with van der Waals surface area (Å²) in [4.78, 5) is 18.4. The summed E-state index contributed by atoms with van der Waals surface area (Å²) in [5.74, 6) is 0.195. The van der Waals surface area contributed by atoms with Crippen LogP contribution in [0, 0.1) is 27.7 Å². The smallest absolute Gasteiger partial charge is 0.344 e. The highest BCUT2D eigenvalue weighted by molar-refractivity contribution is 6.08. The minimum absolute atomic E-state index is 0.354. The van der Waals surface area contributed by atoms with Crippen molar-refractivity contribution in [3.63, 3.8) is 0 Å². The number of carbonyl (C=O) groups excluding carboxylic acids is 1. The van der Waals surface area contributed by atoms with Crippen LogP contribution in [0.2, 0.25) is 0 Å². The summed E-state index contributed by atoms with van der Waals surface area (Å²) >= 11 is 0. The Hall–Kier alpha value is -3.46. The van der Waals surface area contributed by atoms with Gasteiger partial charge in [-0.15, -0.1) is 0 Å². The number of hydrogen-bond acceptors (Lipinski definition) is 3. The molecule has 0 bridgehead atoms. The number of esters is 1. The fourth-order valence-electron chi connectivity index (χ4n) is 4.02. The maximum Gasteiger partial charge on any atom is 0.344 e. The number of fused-ring (bicyclic) bond motifs is 1. The molecule has 3 aromatic carbocycles. The van der Waals surface area contributed by atoms with E-state index in [1.54, 1.807) is 0 Å². The van der Waals surface area contributed by atoms with Crippen LogP contribution in [0.25, 0.3) is 22.2 Å². The standard InChI is InChI=1S/C28H27NO2/c1-6-21-9-13-23(14-10-21)31-28(30)25-20(5)27(22-11-7-17(2)8-12-22)29-26-19(4)15-18(3)16-24(25)26/h7-16H,6H2,1-5H3. The van der Waals surface area contributed by atoms with E-state index in [1.807, 2.05) is 51.1 Å². The van der Waals surface area contributed by atoms with Gasteiger partial charge in [0.1, 0.15) is 5.75 Å². The van der Waals surface area contributed by atoms with Crippen molar-refractivity contribution >= 4 is 16.9 Å². The highest BCUT2D eigenvalue weighted by Crippen LogP contribution is 2.33. The highest BCUT2D eigenvalue weighted by Gasteiger charge is 2.22. The molecule has 1 aromatic heterocycles. The topological polar surface area (TPSA) is 39.2 Å². The predicted molar refractivity (Wildman–Crippen MR) is 127 cm³/mol. The molecule has 0 aliphatic carbocycles. The average molecular weight is 410 g/mol. The summed E-state index contributed by atoms with van der Waals surface area (Å²) in [5, 5.41) is 0.834. The molecule has 0 saturated carbocycles. The number of ether oxygens (including phenoxy) is 1. The first kappa shape index (κ1) is 20.8. The molecule has 3 heteroatoms. The van der Waals surface area contributed by atoms with E-state index in [0.717, 1.165) is 45.3 Å². The number of carbonyl (C=O) groups is 1. The lowest BCUT2D eigenvalue weighted by atomic mass is 9.95. The Kier molecular flexibility index (Phi) is 5.60. The minimum atomic E-state index is -0.354. The van der Waals surface area contributed by atoms with Crippen molar-refractivity contribution < 1.29 is 9.53 Å². The molecule has 0 atom stereocenters. The SMILES string of the molecule is CCc1ccc(OC(=O)c2c(C)c(-c3ccc(C)cc3)nc3c(C)cc(C)cc23)cc1. The van der Waals surface area contributed by atoms with Gasteiger partial charge in [0.15, 0.2) is 0 Å². The van der Waals surface area contributed by atoms with Gasteiger partial charge in [-0.2, -0.15) is 0 Å². The Morgan fingerprint density at radius 2 is 1.55 bits per heavy atom. The average Bonchev–Trinajstić information content (AvgIpc) is 2.74. The van der Waals surface area contributed by atoms with E-state index in [2.05, 4.69) is 44.2 Å². The molecule has 0 amide bonds. The Balaban J connectivity index is 1.89. The maximum atomic E-state index is 13.4. The third-order valence-corrected chi connectivity index (χ3v) is 5.74. The Bertz CT molecular complexity index is 1270. The van der Waals surface area contributed by atoms with Crippen LogP contribution >= 0.6 is 0 Å². The molecule has 0 fully saturated rings. The number of aromatic nitrogens is 1. The lowest BCUT2D eigenvalue weighted by Crippen LogP contribution is -2.13. The molecule has 0 spiro atoms. The van der Waals surface area contributed by atoms with Crippen LogP contribution in [0.4, 0.5) is 0 Å². The molecule has 0 saturated heterocycles. The number of aryl methyl sites for hydroxylation is 4. The maximum absolute atomic E-state index is 13.4. The summed E-state index contributed by atoms with van der Waals surface area (Å²) in [6.45, 7) is 10.2. The van der Waals surface area contributed by atoms with Crippen LogP contribution in [-0.4, -0.2) is 11.0 Å². The van der Waals surface area contributed by atoms with Crippen LogP contribution in [0.3, 0.4) is 0 Å². The molecular formula is C28H27NO2. The second kappa shape index (κ2) is 8.35. The van der Waals surface area contributed by atoms with Gasteiger partial charge in [-0.1, -0.05) is 60.5 Å². The van der Waals surface area contributed by atoms with Gasteiger partial charge in [0, 0.05) is 10.9 Å². The van der Waals surface area contributed by atoms with Crippen molar-refractivity contribution in [2.75, 3.05) is 0 Å². The van der Waals surface area contributed by atoms with Gasteiger partial charge in [0.2, 0.25) is 0 Å². The number of hydrogen-bond donors (Lipinski definition) is 0. The van der Waals surface area contributed by atoms with E-state index in [0.29, 0.717) is 11.3 Å². The van der Waals surface area contributed by atoms with Crippen molar-refractivity contribution in [2.24, 2.45) is 0 Å². The van der Waals surface area contributed by atoms with Crippen LogP contribution in [0.15, 0.2) is 60.7 Å². The van der Waals surface area contributed by atoms with E-state index >= 15 is 0 Å². The Labute approximate surface area is 183 Å². The summed E-state index contributed by atoms with van der Waals surface area (Å²) in [6, 6.07) is 20.1. The first-order chi connectivity index (χ1) is 14.9. The van der Waals surface area contributed by atoms with Crippen molar-refractivity contribution in [1.29, 1.82) is 0 Å². The molecule has 31 heavy (non-hydrogen) atoms. The summed E-state index contributed by atoms with van der Waals surface area (Å²) < 4.78 is 5.81. The Morgan fingerprint density at radius 3 is 2.19 bits per heavy atom. The third-order valence-electron chi connectivity index (χ3n) is 5.74. The highest BCUT2D eigenvalue weighted by atomic mass is 16.5. The predicted octanol–water partition coefficient (Wildman–Crippen LogP) is 6.92. The van der Waals surface area contributed by atoms with E-state index in [4.69, 9.17) is 9.72 Å². The molecular weight excluding hydrogens is 382 g/mol. The molecule has 3 nitrogen and oxygen atoms in total. The van der Waals surface area contributed by atoms with Crippen LogP contribution in [0.1, 0.15) is 45.1 Å². The molecule has 0 N–H and O–H groups in total. The fraction of sp³-hybridized carbons (Fsp3) is 0.214. The van der Waals surface area contributed by atoms with Crippen LogP contribution in [-0.2, 0) is 6.42 Å². The zero-order chi connectivity index (χ0) is 22.1. The lowest BCUT2D eigenvalue weighted by molar-refractivity contribution is 0.0736. The Morgan fingerprint density at radius 1 is 0.871 bits per heavy atom. The van der Waals surface area contributed by atoms with E-state index in [9.17, 15) is 4.79 Å². The number of rotatable bonds is 4. The summed E-state index contributed by atoms with van der Waals surface area (Å²) in [5.41, 5.74) is 8.57. The van der Waals surface area contributed by atoms with E-state index < -0.39 is 0 Å². The summed E-state index contributed by atoms with van der Waals surface area (Å²) in [6.07, 6.45) is 0.945. The molecule has 0 unspecified atom stereocenters. The van der Waals surface area contributed by atoms with Gasteiger partial charge in [0.25, 0.3) is 0 Å². The first-order valence-electron chi connectivity index (χ1n) is 10.7. The third kappa shape index (κ3) is 4.09. The zero-order valence-corrected chi connectivity index (χ0v) is 18.7. The second-order valence-electron chi connectivity index (χ2n) is 8.19. The molecule has 0 aliphatic rings. The van der Waals surface area contributed by atoms with E-state index in [1.165, 1.54) is 11.1 Å². The van der Waals surface area contributed by atoms with Gasteiger partial charge in [-0.05, 0) is 69.0 Å². The van der Waals surface area contributed by atoms with Crippen molar-refractivity contribution in [1.82, 2.24) is 4.98 Å². The normalized spacial score (nSPS) is 11.0. The van der Waals surface area contributed by atoms with Crippen LogP contribution < -0.4 is 4.74 Å². The van der Waals surface area contributed by atoms with Crippen molar-refractivity contribution in [2.45, 2.75) is 41.0 Å². The van der Waals surface area contributed by atoms with Gasteiger partial charge < -0.3 is 4.74 Å². The molecule has 156 valence electrons. The largest absolute Gasteiger partial charge is 0.423 e. The monoisotopic (exact) mass is 409 g/mol. The quantitative estimate of drug-likeness (QED) is 0.271. The number of benzene rings is 3. The van der Waals surface area contributed by atoms with Gasteiger partial charge in [-0.3, -0.25) is 0 Å². The minimum Gasteiger partial charge on any atom is -0.423 e. The molecule has 0 radical (unpaired) electrons. The van der Waals surface area contributed by atoms with Gasteiger partial charge >= 0.3 is 5.97 Å².